The molecule has 0 bridgehead atoms. The molecule has 20 rings (SSSR count). The number of benzene rings is 8. The number of Topliss-reactive ketones (excluding diaryl/α,β-unsaturated/α-hetero) is 1. The van der Waals surface area contributed by atoms with Crippen molar-refractivity contribution in [3.63, 3.8) is 0 Å². The molecule has 12 heteroatoms. The number of hydrogen-bond acceptors (Lipinski definition) is 1. The van der Waals surface area contributed by atoms with Gasteiger partial charge in [-0.25, -0.2) is 35.1 Å². The second kappa shape index (κ2) is 50.8. The first kappa shape index (κ1) is 106. The molecule has 8 aromatic carbocycles. The Morgan fingerprint density at radius 3 is 1.03 bits per heavy atom. The van der Waals surface area contributed by atoms with Crippen molar-refractivity contribution in [2.75, 3.05) is 0 Å². The first-order chi connectivity index (χ1) is 60.9. The maximum Gasteiger partial charge on any atom is 2.00 e. The summed E-state index contributed by atoms with van der Waals surface area (Å²) in [6.45, 7) is 9.32. The zero-order valence-electron chi connectivity index (χ0n) is 78.9. The molecule has 11 fully saturated rings. The number of ketones is 1. The van der Waals surface area contributed by atoms with Crippen molar-refractivity contribution in [2.24, 2.45) is 118 Å². The van der Waals surface area contributed by atoms with Crippen LogP contribution in [0.4, 0.5) is 35.1 Å². The largest absolute Gasteiger partial charge is 2.00 e. The fourth-order valence-corrected chi connectivity index (χ4v) is 28.8. The Morgan fingerprint density at radius 2 is 0.631 bits per heavy atom. The van der Waals surface area contributed by atoms with Crippen molar-refractivity contribution < 1.29 is 78.7 Å². The van der Waals surface area contributed by atoms with Gasteiger partial charge in [0.2, 0.25) is 0 Å². The molecule has 11 saturated carbocycles. The summed E-state index contributed by atoms with van der Waals surface area (Å²) in [7, 11) is 0. The third kappa shape index (κ3) is 26.3. The summed E-state index contributed by atoms with van der Waals surface area (Å²) in [5.74, 6) is 14.5. The van der Waals surface area contributed by atoms with Crippen molar-refractivity contribution in [1.29, 1.82) is 0 Å². The fraction of sp³-hybridized carbons (Fsp3) is 0.627. The van der Waals surface area contributed by atoms with Gasteiger partial charge in [-0.1, -0.05) is 216 Å². The van der Waals surface area contributed by atoms with E-state index >= 15 is 0 Å². The van der Waals surface area contributed by atoms with E-state index in [0.29, 0.717) is 50.5 Å². The van der Waals surface area contributed by atoms with Crippen LogP contribution in [0.5, 0.6) is 0 Å². The van der Waals surface area contributed by atoms with Crippen molar-refractivity contribution in [2.45, 2.75) is 349 Å². The molecule has 130 heavy (non-hydrogen) atoms. The first-order valence-corrected chi connectivity index (χ1v) is 51.5. The molecule has 12 aliphatic carbocycles. The van der Waals surface area contributed by atoms with Gasteiger partial charge in [0.05, 0.1) is 0 Å². The van der Waals surface area contributed by atoms with Crippen molar-refractivity contribution >= 4 is 77.5 Å². The molecule has 1 nitrogen and oxygen atoms in total. The Kier molecular flexibility index (Phi) is 41.4. The number of fused-ring (bicyclic) bond motifs is 8. The molecule has 14 unspecified atom stereocenters. The predicted molar refractivity (Wildman–Crippen MR) is 523 cm³/mol. The Morgan fingerprint density at radius 1 is 0.323 bits per heavy atom. The van der Waals surface area contributed by atoms with Gasteiger partial charge in [0.25, 0.3) is 0 Å². The molecule has 0 spiro atoms. The van der Waals surface area contributed by atoms with Gasteiger partial charge in [0.15, 0.2) is 40.7 Å². The summed E-state index contributed by atoms with van der Waals surface area (Å²) in [5.41, 5.74) is 5.25. The van der Waals surface area contributed by atoms with E-state index in [4.69, 9.17) is 0 Å². The van der Waals surface area contributed by atoms with E-state index in [1.54, 1.807) is 48.5 Å². The minimum absolute atomic E-state index is 0. The Bertz CT molecular complexity index is 4740. The molecule has 0 heterocycles. The summed E-state index contributed by atoms with van der Waals surface area (Å²) in [4.78, 5) is 11.6. The van der Waals surface area contributed by atoms with Gasteiger partial charge >= 0.3 is 23.1 Å². The van der Waals surface area contributed by atoms with E-state index in [1.807, 2.05) is 12.1 Å². The van der Waals surface area contributed by atoms with Crippen LogP contribution in [0.1, 0.15) is 367 Å². The molecule has 0 radical (unpaired) electrons. The smallest absolute Gasteiger partial charge is 1.00 e. The Hall–Kier alpha value is -4.44. The SMILES string of the molecule is C.CCCC1CCC(C2CCC3C=C(c4ccc5c(F)c(F)ccc5c4)CCC3C2)CC1.CCCC1CCC(C2CCC3CC(=O)CCC3C2)CC1.CCCC1CCC(C2CCC3CC(c4ccc5c(F)c(F)ccc5c4)CCC3C2)CC1.CCCC1CCC(C2CCC3CC(c4ccc5c(F)c(F)ccc5c4)CCC3C2)CC1.Fc1ccc2c[c-]ccc2c1F.[Br-].[CH3-].[HH].[Mg+2].[Pd]. The van der Waals surface area contributed by atoms with Crippen molar-refractivity contribution in [1.82, 2.24) is 0 Å². The van der Waals surface area contributed by atoms with Crippen LogP contribution < -0.4 is 17.0 Å². The molecule has 0 amide bonds. The van der Waals surface area contributed by atoms with E-state index in [1.165, 1.54) is 335 Å². The standard InChI is InChI=1S/2C29H38F2.C29H36F2.C19H32O.C10H5F2.CH4.CH3.BrH.Mg.Pd.H2/c3*1-2-3-19-4-6-20(7-5-19)21-8-9-23-17-24(11-10-22(23)16-21)25-12-14-27-26(18-25)13-15-28(30)29(27)31;1-2-3-14-4-6-15(7-5-14)16-8-9-18-13-19(20)11-10-17(18)12-16;11-9-6-5-7-3-1-2-4-8(7)10(9)12;;;;;;/h2*12-15,18-24H,2-11,16-17H2,1H3;12-15,17-23H,2-11,16H2,1H3;14-18H,2-13H2,1H3;2-6H;1H4;1H3;1H;;;1H/q;;;;-1;;-1;;+2;;/p-1. The Balaban J connectivity index is 0.000000173. The normalized spacial score (nSPS) is 31.1. The maximum atomic E-state index is 14.1. The zero-order chi connectivity index (χ0) is 86.6. The van der Waals surface area contributed by atoms with Crippen LogP contribution in [0.15, 0.2) is 127 Å². The Labute approximate surface area is 821 Å². The topological polar surface area (TPSA) is 17.1 Å². The molecule has 14 atom stereocenters. The molecule has 712 valence electrons. The fourth-order valence-electron chi connectivity index (χ4n) is 28.8. The third-order valence-corrected chi connectivity index (χ3v) is 35.9. The number of allylic oxidation sites excluding steroid dienone is 2. The molecule has 8 aromatic rings. The van der Waals surface area contributed by atoms with Crippen LogP contribution in [0.25, 0.3) is 48.7 Å². The van der Waals surface area contributed by atoms with E-state index in [0.717, 1.165) is 154 Å². The van der Waals surface area contributed by atoms with Gasteiger partial charge in [-0.2, -0.15) is 24.3 Å². The van der Waals surface area contributed by atoms with Crippen molar-refractivity contribution in [3.05, 3.63) is 204 Å². The van der Waals surface area contributed by atoms with Gasteiger partial charge < -0.3 is 24.4 Å². The van der Waals surface area contributed by atoms with Gasteiger partial charge in [-0.05, 0) is 385 Å². The molecule has 0 saturated heterocycles. The van der Waals surface area contributed by atoms with Gasteiger partial charge in [0, 0.05) is 50.8 Å². The van der Waals surface area contributed by atoms with Gasteiger partial charge in [-0.3, -0.25) is 4.79 Å². The number of halogens is 9. The van der Waals surface area contributed by atoms with Crippen molar-refractivity contribution in [3.8, 4) is 0 Å². The number of carbonyl (C=O) groups excluding carboxylic acids is 1. The molecular formula is C118H158BrF8MgOPd-. The van der Waals surface area contributed by atoms with E-state index < -0.39 is 46.5 Å². The van der Waals surface area contributed by atoms with Crippen LogP contribution in [0.3, 0.4) is 0 Å². The van der Waals surface area contributed by atoms with Crippen LogP contribution in [0, 0.1) is 178 Å². The second-order valence-electron chi connectivity index (χ2n) is 43.1. The van der Waals surface area contributed by atoms with Gasteiger partial charge in [0.1, 0.15) is 11.6 Å². The average molecular weight is 1960 g/mol. The predicted octanol–water partition coefficient (Wildman–Crippen LogP) is 33.2. The molecule has 0 aromatic heterocycles. The zero-order valence-corrected chi connectivity index (χ0v) is 83.4. The van der Waals surface area contributed by atoms with Gasteiger partial charge in [-0.15, -0.1) is 11.5 Å². The van der Waals surface area contributed by atoms with Crippen LogP contribution in [-0.2, 0) is 25.2 Å². The van der Waals surface area contributed by atoms with Crippen LogP contribution >= 0.6 is 0 Å². The quantitative estimate of drug-likeness (QED) is 0.0568. The average Bonchev–Trinajstić information content (AvgIpc) is 0.786. The number of rotatable bonds is 15. The maximum absolute atomic E-state index is 14.1. The summed E-state index contributed by atoms with van der Waals surface area (Å²) in [6, 6.07) is 36.7. The summed E-state index contributed by atoms with van der Waals surface area (Å²) >= 11 is 0. The summed E-state index contributed by atoms with van der Waals surface area (Å²) < 4.78 is 108. The summed E-state index contributed by atoms with van der Waals surface area (Å²) in [6.07, 6.45) is 67.8. The minimum Gasteiger partial charge on any atom is -1.00 e. The number of carbonyl (C=O) groups is 1. The van der Waals surface area contributed by atoms with Crippen LogP contribution in [-0.4, -0.2) is 28.8 Å². The molecular weight excluding hydrogens is 1800 g/mol. The minimum atomic E-state index is -0.811. The molecule has 0 N–H and O–H groups in total. The monoisotopic (exact) mass is 1950 g/mol. The number of hydrogen-bond donors (Lipinski definition) is 0. The van der Waals surface area contributed by atoms with E-state index in [-0.39, 0.29) is 76.7 Å². The third-order valence-electron chi connectivity index (χ3n) is 35.9. The van der Waals surface area contributed by atoms with E-state index in [2.05, 4.69) is 64.1 Å². The summed E-state index contributed by atoms with van der Waals surface area (Å²) in [5, 5.41) is 4.62. The first-order valence-electron chi connectivity index (χ1n) is 51.5. The second-order valence-corrected chi connectivity index (χ2v) is 43.1. The van der Waals surface area contributed by atoms with E-state index in [9.17, 15) is 39.9 Å². The molecule has 12 aliphatic rings. The van der Waals surface area contributed by atoms with Crippen LogP contribution in [0.2, 0.25) is 0 Å². The molecule has 0 aliphatic heterocycles.